The van der Waals surface area contributed by atoms with Crippen LogP contribution >= 0.6 is 0 Å². The predicted molar refractivity (Wildman–Crippen MR) is 118 cm³/mol. The fourth-order valence-electron chi connectivity index (χ4n) is 5.38. The van der Waals surface area contributed by atoms with Crippen LogP contribution in [0.5, 0.6) is 0 Å². The van der Waals surface area contributed by atoms with Crippen LogP contribution < -0.4 is 5.56 Å². The molecule has 1 saturated carbocycles. The molecule has 32 heavy (non-hydrogen) atoms. The van der Waals surface area contributed by atoms with E-state index in [0.29, 0.717) is 29.9 Å². The summed E-state index contributed by atoms with van der Waals surface area (Å²) in [5, 5.41) is 0. The van der Waals surface area contributed by atoms with Crippen molar-refractivity contribution in [2.45, 2.75) is 64.5 Å². The SMILES string of the molecule is Cc1cnccc1C(=O)N1CCc2nc([C@@H]3CCCN3C(=O)C3CCCC3)[nH]c(=O)c2C1. The molecule has 2 amide bonds. The third-order valence-corrected chi connectivity index (χ3v) is 7.18. The van der Waals surface area contributed by atoms with E-state index in [1.54, 1.807) is 23.4 Å². The van der Waals surface area contributed by atoms with Gasteiger partial charge in [0, 0.05) is 43.4 Å². The van der Waals surface area contributed by atoms with Gasteiger partial charge >= 0.3 is 0 Å². The van der Waals surface area contributed by atoms with Crippen LogP contribution in [0.3, 0.4) is 0 Å². The molecule has 3 aliphatic rings. The number of aromatic nitrogens is 3. The lowest BCUT2D eigenvalue weighted by Gasteiger charge is -2.30. The summed E-state index contributed by atoms with van der Waals surface area (Å²) in [6.45, 7) is 3.35. The van der Waals surface area contributed by atoms with Gasteiger partial charge in [0.25, 0.3) is 11.5 Å². The number of amides is 2. The van der Waals surface area contributed by atoms with E-state index in [2.05, 4.69) is 9.97 Å². The van der Waals surface area contributed by atoms with E-state index in [9.17, 15) is 14.4 Å². The molecule has 0 radical (unpaired) electrons. The summed E-state index contributed by atoms with van der Waals surface area (Å²) in [5.41, 5.74) is 2.52. The first-order chi connectivity index (χ1) is 15.5. The Morgan fingerprint density at radius 1 is 1.12 bits per heavy atom. The molecule has 2 aromatic heterocycles. The topological polar surface area (TPSA) is 99.3 Å². The molecule has 2 fully saturated rings. The molecule has 1 saturated heterocycles. The van der Waals surface area contributed by atoms with Crippen molar-refractivity contribution >= 4 is 11.8 Å². The number of likely N-dealkylation sites (tertiary alicyclic amines) is 1. The van der Waals surface area contributed by atoms with Gasteiger partial charge in [-0.2, -0.15) is 0 Å². The van der Waals surface area contributed by atoms with Crippen LogP contribution in [-0.4, -0.2) is 49.7 Å². The smallest absolute Gasteiger partial charge is 0.256 e. The zero-order chi connectivity index (χ0) is 22.2. The van der Waals surface area contributed by atoms with Crippen molar-refractivity contribution in [1.82, 2.24) is 24.8 Å². The Kier molecular flexibility index (Phi) is 5.53. The molecule has 0 unspecified atom stereocenters. The Morgan fingerprint density at radius 3 is 2.72 bits per heavy atom. The summed E-state index contributed by atoms with van der Waals surface area (Å²) < 4.78 is 0. The second-order valence-electron chi connectivity index (χ2n) is 9.21. The maximum absolute atomic E-state index is 13.0. The number of hydrogen-bond acceptors (Lipinski definition) is 5. The van der Waals surface area contributed by atoms with Crippen LogP contribution in [-0.2, 0) is 17.8 Å². The zero-order valence-electron chi connectivity index (χ0n) is 18.5. The molecule has 8 heteroatoms. The van der Waals surface area contributed by atoms with Gasteiger partial charge in [-0.3, -0.25) is 19.4 Å². The highest BCUT2D eigenvalue weighted by Crippen LogP contribution is 2.35. The second kappa shape index (κ2) is 8.48. The van der Waals surface area contributed by atoms with Crippen molar-refractivity contribution in [2.75, 3.05) is 13.1 Å². The first-order valence-corrected chi connectivity index (χ1v) is 11.6. The minimum atomic E-state index is -0.200. The number of aromatic amines is 1. The molecular weight excluding hydrogens is 406 g/mol. The predicted octanol–water partition coefficient (Wildman–Crippen LogP) is 2.53. The van der Waals surface area contributed by atoms with Gasteiger partial charge in [0.15, 0.2) is 0 Å². The molecule has 4 heterocycles. The first-order valence-electron chi connectivity index (χ1n) is 11.6. The zero-order valence-corrected chi connectivity index (χ0v) is 18.5. The van der Waals surface area contributed by atoms with Crippen LogP contribution in [0.25, 0.3) is 0 Å². The van der Waals surface area contributed by atoms with Crippen molar-refractivity contribution in [1.29, 1.82) is 0 Å². The van der Waals surface area contributed by atoms with Crippen molar-refractivity contribution in [3.05, 3.63) is 57.0 Å². The van der Waals surface area contributed by atoms with Crippen molar-refractivity contribution in [3.63, 3.8) is 0 Å². The summed E-state index contributed by atoms with van der Waals surface area (Å²) in [6, 6.07) is 1.56. The molecule has 0 bridgehead atoms. The average Bonchev–Trinajstić information content (AvgIpc) is 3.51. The van der Waals surface area contributed by atoms with E-state index in [0.717, 1.165) is 56.3 Å². The third-order valence-electron chi connectivity index (χ3n) is 7.18. The number of fused-ring (bicyclic) bond motifs is 1. The minimum absolute atomic E-state index is 0.0943. The number of pyridine rings is 1. The van der Waals surface area contributed by atoms with Crippen LogP contribution in [0, 0.1) is 12.8 Å². The van der Waals surface area contributed by atoms with Gasteiger partial charge in [0.2, 0.25) is 5.91 Å². The Balaban J connectivity index is 1.37. The third kappa shape index (κ3) is 3.72. The molecule has 1 aliphatic carbocycles. The second-order valence-corrected chi connectivity index (χ2v) is 9.21. The standard InChI is InChI=1S/C24H29N5O3/c1-15-13-25-10-8-17(15)24(32)28-12-9-19-18(14-28)22(30)27-21(26-19)20-7-4-11-29(20)23(31)16-5-2-3-6-16/h8,10,13,16,20H,2-7,9,11-12,14H2,1H3,(H,26,27,30)/t20-/m0/s1. The number of carbonyl (C=O) groups excluding carboxylic acids is 2. The number of nitrogens with zero attached hydrogens (tertiary/aromatic N) is 4. The summed E-state index contributed by atoms with van der Waals surface area (Å²) in [7, 11) is 0. The lowest BCUT2D eigenvalue weighted by Crippen LogP contribution is -2.41. The fourth-order valence-corrected chi connectivity index (χ4v) is 5.38. The summed E-state index contributed by atoms with van der Waals surface area (Å²) >= 11 is 0. The van der Waals surface area contributed by atoms with Crippen molar-refractivity contribution in [3.8, 4) is 0 Å². The number of hydrogen-bond donors (Lipinski definition) is 1. The van der Waals surface area contributed by atoms with Crippen molar-refractivity contribution < 1.29 is 9.59 Å². The van der Waals surface area contributed by atoms with Gasteiger partial charge in [-0.25, -0.2) is 4.98 Å². The number of rotatable bonds is 3. The van der Waals surface area contributed by atoms with Crippen LogP contribution in [0.1, 0.15) is 77.6 Å². The highest BCUT2D eigenvalue weighted by atomic mass is 16.2. The van der Waals surface area contributed by atoms with E-state index in [4.69, 9.17) is 4.98 Å². The lowest BCUT2D eigenvalue weighted by atomic mass is 10.0. The van der Waals surface area contributed by atoms with E-state index in [1.807, 2.05) is 11.8 Å². The lowest BCUT2D eigenvalue weighted by molar-refractivity contribution is -0.136. The maximum atomic E-state index is 13.0. The van der Waals surface area contributed by atoms with E-state index < -0.39 is 0 Å². The molecule has 2 aliphatic heterocycles. The molecule has 8 nitrogen and oxygen atoms in total. The Labute approximate surface area is 187 Å². The van der Waals surface area contributed by atoms with Gasteiger partial charge in [-0.1, -0.05) is 12.8 Å². The van der Waals surface area contributed by atoms with Gasteiger partial charge in [-0.05, 0) is 44.2 Å². The molecule has 2 aromatic rings. The van der Waals surface area contributed by atoms with Gasteiger partial charge in [0.05, 0.1) is 23.8 Å². The van der Waals surface area contributed by atoms with Crippen LogP contribution in [0.2, 0.25) is 0 Å². The Morgan fingerprint density at radius 2 is 1.94 bits per heavy atom. The molecule has 0 aromatic carbocycles. The molecule has 168 valence electrons. The normalized spacial score (nSPS) is 21.1. The van der Waals surface area contributed by atoms with Gasteiger partial charge in [-0.15, -0.1) is 0 Å². The van der Waals surface area contributed by atoms with Crippen molar-refractivity contribution in [2.24, 2.45) is 5.92 Å². The minimum Gasteiger partial charge on any atom is -0.334 e. The molecule has 0 spiro atoms. The van der Waals surface area contributed by atoms with Gasteiger partial charge < -0.3 is 14.8 Å². The Hall–Kier alpha value is -3.03. The summed E-state index contributed by atoms with van der Waals surface area (Å²) in [5.74, 6) is 0.844. The monoisotopic (exact) mass is 435 g/mol. The summed E-state index contributed by atoms with van der Waals surface area (Å²) in [6.07, 6.45) is 9.75. The summed E-state index contributed by atoms with van der Waals surface area (Å²) in [4.78, 5) is 54.5. The van der Waals surface area contributed by atoms with E-state index in [-0.39, 0.29) is 35.9 Å². The number of carbonyl (C=O) groups is 2. The quantitative estimate of drug-likeness (QED) is 0.799. The van der Waals surface area contributed by atoms with E-state index in [1.165, 1.54) is 0 Å². The first kappa shape index (κ1) is 20.8. The maximum Gasteiger partial charge on any atom is 0.256 e. The van der Waals surface area contributed by atoms with Gasteiger partial charge in [0.1, 0.15) is 5.82 Å². The molecule has 1 N–H and O–H groups in total. The van der Waals surface area contributed by atoms with E-state index >= 15 is 0 Å². The van der Waals surface area contributed by atoms with Crippen LogP contribution in [0.4, 0.5) is 0 Å². The average molecular weight is 436 g/mol. The molecule has 1 atom stereocenters. The number of H-pyrrole nitrogens is 1. The molecule has 5 rings (SSSR count). The largest absolute Gasteiger partial charge is 0.334 e. The van der Waals surface area contributed by atoms with Crippen LogP contribution in [0.15, 0.2) is 23.3 Å². The highest BCUT2D eigenvalue weighted by molar-refractivity contribution is 5.95. The Bertz CT molecular complexity index is 1110. The highest BCUT2D eigenvalue weighted by Gasteiger charge is 2.37. The number of aryl methyl sites for hydroxylation is 1. The fraction of sp³-hybridized carbons (Fsp3) is 0.542. The molecular formula is C24H29N5O3. The number of nitrogens with one attached hydrogen (secondary N) is 1.